The molecule has 2 rings (SSSR count). The third kappa shape index (κ3) is 1.80. The second-order valence-electron chi connectivity index (χ2n) is 7.11. The van der Waals surface area contributed by atoms with Crippen LogP contribution < -0.4 is 5.32 Å². The van der Waals surface area contributed by atoms with Crippen LogP contribution in [0.1, 0.15) is 64.9 Å². The highest BCUT2D eigenvalue weighted by atomic mass is 15.1. The van der Waals surface area contributed by atoms with Gasteiger partial charge in [-0.05, 0) is 22.5 Å². The van der Waals surface area contributed by atoms with Crippen molar-refractivity contribution in [3.05, 3.63) is 23.5 Å². The van der Waals surface area contributed by atoms with E-state index in [0.29, 0.717) is 12.1 Å². The van der Waals surface area contributed by atoms with Gasteiger partial charge in [0.2, 0.25) is 0 Å². The van der Waals surface area contributed by atoms with Crippen molar-refractivity contribution in [2.24, 2.45) is 10.8 Å². The zero-order chi connectivity index (χ0) is 12.1. The largest absolute Gasteiger partial charge is 0.363 e. The zero-order valence-corrected chi connectivity index (χ0v) is 11.3. The summed E-state index contributed by atoms with van der Waals surface area (Å²) in [6.07, 6.45) is 2.07. The average Bonchev–Trinajstić information content (AvgIpc) is 2.54. The van der Waals surface area contributed by atoms with E-state index in [1.807, 2.05) is 0 Å². The third-order valence-electron chi connectivity index (χ3n) is 3.48. The Hall–Kier alpha value is -0.760. The highest BCUT2D eigenvalue weighted by molar-refractivity contribution is 5.35. The number of nitrogens with one attached hydrogen (secondary N) is 2. The molecule has 0 amide bonds. The van der Waals surface area contributed by atoms with Crippen LogP contribution >= 0.6 is 0 Å². The van der Waals surface area contributed by atoms with Crippen molar-refractivity contribution in [3.63, 3.8) is 0 Å². The van der Waals surface area contributed by atoms with Crippen molar-refractivity contribution in [3.8, 4) is 0 Å². The molecule has 1 aliphatic heterocycles. The Labute approximate surface area is 98.8 Å². The second-order valence-corrected chi connectivity index (χ2v) is 7.11. The first-order valence-electron chi connectivity index (χ1n) is 6.14. The fourth-order valence-corrected chi connectivity index (χ4v) is 2.64. The van der Waals surface area contributed by atoms with E-state index in [0.717, 1.165) is 0 Å². The summed E-state index contributed by atoms with van der Waals surface area (Å²) < 4.78 is 0. The second kappa shape index (κ2) is 3.36. The fraction of sp³-hybridized carbons (Fsp3) is 0.714. The number of fused-ring (bicyclic) bond motifs is 1. The average molecular weight is 220 g/mol. The van der Waals surface area contributed by atoms with Crippen molar-refractivity contribution in [1.82, 2.24) is 10.3 Å². The summed E-state index contributed by atoms with van der Waals surface area (Å²) in [5, 5.41) is 3.79. The third-order valence-corrected chi connectivity index (χ3v) is 3.48. The Balaban J connectivity index is 2.40. The molecule has 2 unspecified atom stereocenters. The van der Waals surface area contributed by atoms with E-state index < -0.39 is 0 Å². The Morgan fingerprint density at radius 1 is 0.938 bits per heavy atom. The number of aromatic nitrogens is 1. The van der Waals surface area contributed by atoms with Gasteiger partial charge in [-0.15, -0.1) is 0 Å². The van der Waals surface area contributed by atoms with Gasteiger partial charge in [-0.3, -0.25) is 0 Å². The lowest BCUT2D eigenvalue weighted by Gasteiger charge is -2.32. The summed E-state index contributed by atoms with van der Waals surface area (Å²) in [6, 6.07) is 3.11. The van der Waals surface area contributed by atoms with E-state index in [-0.39, 0.29) is 10.8 Å². The Morgan fingerprint density at radius 2 is 1.50 bits per heavy atom. The predicted molar refractivity (Wildman–Crippen MR) is 68.3 cm³/mol. The summed E-state index contributed by atoms with van der Waals surface area (Å²) in [6.45, 7) is 13.8. The standard InChI is InChI=1S/C14H24N2/c1-13(2,3)11-9-7-8-15-10(9)12(16-11)14(4,5)6/h7-8,11-12,15-16H,1-6H3. The van der Waals surface area contributed by atoms with E-state index in [2.05, 4.69) is 64.1 Å². The molecule has 2 nitrogen and oxygen atoms in total. The molecule has 2 N–H and O–H groups in total. The van der Waals surface area contributed by atoms with Gasteiger partial charge in [0.25, 0.3) is 0 Å². The van der Waals surface area contributed by atoms with E-state index >= 15 is 0 Å². The number of rotatable bonds is 0. The van der Waals surface area contributed by atoms with Crippen molar-refractivity contribution < 1.29 is 0 Å². The minimum atomic E-state index is 0.250. The molecule has 1 aliphatic rings. The first-order valence-corrected chi connectivity index (χ1v) is 6.14. The Bertz CT molecular complexity index is 342. The molecule has 0 aliphatic carbocycles. The van der Waals surface area contributed by atoms with Gasteiger partial charge in [0.1, 0.15) is 0 Å². The van der Waals surface area contributed by atoms with Gasteiger partial charge in [0.15, 0.2) is 0 Å². The van der Waals surface area contributed by atoms with Crippen LogP contribution in [0.25, 0.3) is 0 Å². The van der Waals surface area contributed by atoms with Crippen LogP contribution in [0.4, 0.5) is 0 Å². The summed E-state index contributed by atoms with van der Waals surface area (Å²) in [4.78, 5) is 3.41. The highest BCUT2D eigenvalue weighted by Gasteiger charge is 2.42. The lowest BCUT2D eigenvalue weighted by atomic mass is 9.84. The first-order chi connectivity index (χ1) is 7.21. The fourth-order valence-electron chi connectivity index (χ4n) is 2.64. The van der Waals surface area contributed by atoms with Crippen LogP contribution in [0.5, 0.6) is 0 Å². The maximum absolute atomic E-state index is 3.79. The molecule has 0 saturated carbocycles. The SMILES string of the molecule is CC(C)(C)C1NC(C(C)(C)C)c2[nH]ccc21. The van der Waals surface area contributed by atoms with Crippen LogP contribution in [0.2, 0.25) is 0 Å². The molecule has 0 aromatic carbocycles. The van der Waals surface area contributed by atoms with Gasteiger partial charge in [-0.1, -0.05) is 41.5 Å². The van der Waals surface area contributed by atoms with Gasteiger partial charge in [0, 0.05) is 17.9 Å². The van der Waals surface area contributed by atoms with Crippen LogP contribution in [0, 0.1) is 10.8 Å². The van der Waals surface area contributed by atoms with Gasteiger partial charge < -0.3 is 10.3 Å². The lowest BCUT2D eigenvalue weighted by molar-refractivity contribution is 0.210. The van der Waals surface area contributed by atoms with Crippen molar-refractivity contribution in [1.29, 1.82) is 0 Å². The number of aromatic amines is 1. The van der Waals surface area contributed by atoms with Crippen molar-refractivity contribution in [2.45, 2.75) is 53.6 Å². The zero-order valence-electron chi connectivity index (χ0n) is 11.3. The molecule has 0 saturated heterocycles. The van der Waals surface area contributed by atoms with E-state index in [1.165, 1.54) is 11.3 Å². The highest BCUT2D eigenvalue weighted by Crippen LogP contribution is 2.47. The molecule has 2 heteroatoms. The number of hydrogen-bond donors (Lipinski definition) is 2. The molecule has 2 heterocycles. The summed E-state index contributed by atoms with van der Waals surface area (Å²) in [7, 11) is 0. The summed E-state index contributed by atoms with van der Waals surface area (Å²) in [5.41, 5.74) is 3.34. The van der Waals surface area contributed by atoms with E-state index in [9.17, 15) is 0 Å². The van der Waals surface area contributed by atoms with Crippen molar-refractivity contribution in [2.75, 3.05) is 0 Å². The minimum absolute atomic E-state index is 0.250. The lowest BCUT2D eigenvalue weighted by Crippen LogP contribution is -2.34. The Kier molecular flexibility index (Phi) is 2.46. The smallest absolute Gasteiger partial charge is 0.0530 e. The van der Waals surface area contributed by atoms with Gasteiger partial charge >= 0.3 is 0 Å². The predicted octanol–water partition coefficient (Wildman–Crippen LogP) is 3.79. The maximum atomic E-state index is 3.79. The van der Waals surface area contributed by atoms with Gasteiger partial charge in [0.05, 0.1) is 6.04 Å². The molecular formula is C14H24N2. The molecule has 16 heavy (non-hydrogen) atoms. The van der Waals surface area contributed by atoms with Crippen molar-refractivity contribution >= 4 is 0 Å². The monoisotopic (exact) mass is 220 g/mol. The molecule has 1 aromatic rings. The quantitative estimate of drug-likeness (QED) is 0.684. The molecule has 0 fully saturated rings. The molecular weight excluding hydrogens is 196 g/mol. The molecule has 2 atom stereocenters. The van der Waals surface area contributed by atoms with Gasteiger partial charge in [-0.25, -0.2) is 0 Å². The Morgan fingerprint density at radius 3 is 2.00 bits per heavy atom. The summed E-state index contributed by atoms with van der Waals surface area (Å²) in [5.74, 6) is 0. The number of H-pyrrole nitrogens is 1. The van der Waals surface area contributed by atoms with E-state index in [4.69, 9.17) is 0 Å². The van der Waals surface area contributed by atoms with Crippen LogP contribution in [0.15, 0.2) is 12.3 Å². The molecule has 1 aromatic heterocycles. The molecule has 0 radical (unpaired) electrons. The summed E-state index contributed by atoms with van der Waals surface area (Å²) >= 11 is 0. The van der Waals surface area contributed by atoms with E-state index in [1.54, 1.807) is 0 Å². The maximum Gasteiger partial charge on any atom is 0.0530 e. The van der Waals surface area contributed by atoms with Crippen LogP contribution in [-0.2, 0) is 0 Å². The number of hydrogen-bond acceptors (Lipinski definition) is 1. The van der Waals surface area contributed by atoms with Gasteiger partial charge in [-0.2, -0.15) is 0 Å². The topological polar surface area (TPSA) is 27.8 Å². The minimum Gasteiger partial charge on any atom is -0.363 e. The molecule has 0 bridgehead atoms. The normalized spacial score (nSPS) is 25.9. The first kappa shape index (κ1) is 11.7. The van der Waals surface area contributed by atoms with Crippen LogP contribution in [0.3, 0.4) is 0 Å². The van der Waals surface area contributed by atoms with Crippen LogP contribution in [-0.4, -0.2) is 4.98 Å². The molecule has 0 spiro atoms. The molecule has 90 valence electrons.